The predicted octanol–water partition coefficient (Wildman–Crippen LogP) is 2.63. The summed E-state index contributed by atoms with van der Waals surface area (Å²) in [5, 5.41) is 9.85. The van der Waals surface area contributed by atoms with Gasteiger partial charge >= 0.3 is 0 Å². The first-order valence-corrected chi connectivity index (χ1v) is 8.99. The van der Waals surface area contributed by atoms with Crippen molar-refractivity contribution < 1.29 is 19.4 Å². The second kappa shape index (κ2) is 8.68. The lowest BCUT2D eigenvalue weighted by Gasteiger charge is -2.41. The molecule has 25 heavy (non-hydrogen) atoms. The van der Waals surface area contributed by atoms with Gasteiger partial charge in [-0.3, -0.25) is 4.79 Å². The van der Waals surface area contributed by atoms with Gasteiger partial charge < -0.3 is 19.5 Å². The molecule has 1 saturated heterocycles. The molecular weight excluding hydrogens is 318 g/mol. The molecule has 1 heterocycles. The second-order valence-electron chi connectivity index (χ2n) is 7.26. The first-order chi connectivity index (χ1) is 11.9. The lowest BCUT2D eigenvalue weighted by Crippen LogP contribution is -2.49. The summed E-state index contributed by atoms with van der Waals surface area (Å²) in [6, 6.07) is 4.08. The summed E-state index contributed by atoms with van der Waals surface area (Å²) in [6.45, 7) is 8.07. The van der Waals surface area contributed by atoms with Crippen molar-refractivity contribution in [3.63, 3.8) is 0 Å². The van der Waals surface area contributed by atoms with Crippen LogP contribution in [0.15, 0.2) is 12.1 Å². The molecule has 1 aromatic rings. The topological polar surface area (TPSA) is 59.0 Å². The van der Waals surface area contributed by atoms with Crippen molar-refractivity contribution in [1.29, 1.82) is 0 Å². The van der Waals surface area contributed by atoms with Crippen molar-refractivity contribution >= 4 is 5.91 Å². The molecule has 2 rings (SSSR count). The molecule has 0 bridgehead atoms. The van der Waals surface area contributed by atoms with Crippen molar-refractivity contribution in [2.75, 3.05) is 40.0 Å². The summed E-state index contributed by atoms with van der Waals surface area (Å²) in [5.41, 5.74) is 3.03. The Balaban J connectivity index is 2.00. The van der Waals surface area contributed by atoms with Crippen LogP contribution < -0.4 is 4.74 Å². The maximum Gasteiger partial charge on any atom is 0.260 e. The summed E-state index contributed by atoms with van der Waals surface area (Å²) in [7, 11) is 1.66. The summed E-state index contributed by atoms with van der Waals surface area (Å²) in [5.74, 6) is 0.786. The Morgan fingerprint density at radius 2 is 2.00 bits per heavy atom. The van der Waals surface area contributed by atoms with Crippen LogP contribution in [-0.4, -0.2) is 55.9 Å². The number of methoxy groups -OCH3 is 1. The molecule has 5 nitrogen and oxygen atoms in total. The molecule has 1 aliphatic heterocycles. The van der Waals surface area contributed by atoms with E-state index in [2.05, 4.69) is 6.07 Å². The minimum Gasteiger partial charge on any atom is -0.483 e. The molecule has 0 radical (unpaired) electrons. The highest BCUT2D eigenvalue weighted by molar-refractivity contribution is 5.78. The minimum absolute atomic E-state index is 0.0183. The molecule has 0 spiro atoms. The zero-order chi connectivity index (χ0) is 18.4. The van der Waals surface area contributed by atoms with Gasteiger partial charge in [-0.2, -0.15) is 0 Å². The van der Waals surface area contributed by atoms with E-state index in [0.29, 0.717) is 13.2 Å². The quantitative estimate of drug-likeness (QED) is 0.822. The third kappa shape index (κ3) is 4.73. The van der Waals surface area contributed by atoms with E-state index < -0.39 is 0 Å². The Hall–Kier alpha value is -1.59. The van der Waals surface area contributed by atoms with E-state index in [4.69, 9.17) is 9.47 Å². The third-order valence-electron chi connectivity index (χ3n) is 5.40. The molecule has 140 valence electrons. The van der Waals surface area contributed by atoms with E-state index >= 15 is 0 Å². The number of carbonyl (C=O) groups excluding carboxylic acids is 1. The standard InChI is InChI=1S/C20H31NO4/c1-15-6-7-16(2)19(17(15)3)25-12-18(23)21-10-5-8-20(13-21,14-22)9-11-24-4/h6-7,22H,5,8-14H2,1-4H3/t20-/m1/s1. The lowest BCUT2D eigenvalue weighted by molar-refractivity contribution is -0.138. The number of nitrogens with zero attached hydrogens (tertiary/aromatic N) is 1. The van der Waals surface area contributed by atoms with Crippen molar-refractivity contribution in [3.05, 3.63) is 28.8 Å². The Morgan fingerprint density at radius 3 is 2.68 bits per heavy atom. The van der Waals surface area contributed by atoms with Gasteiger partial charge in [-0.15, -0.1) is 0 Å². The number of benzene rings is 1. The number of hydrogen-bond donors (Lipinski definition) is 1. The number of likely N-dealkylation sites (tertiary alicyclic amines) is 1. The van der Waals surface area contributed by atoms with Crippen LogP contribution in [0.2, 0.25) is 0 Å². The molecule has 1 atom stereocenters. The second-order valence-corrected chi connectivity index (χ2v) is 7.26. The fourth-order valence-electron chi connectivity index (χ4n) is 3.52. The summed E-state index contributed by atoms with van der Waals surface area (Å²) < 4.78 is 11.0. The van der Waals surface area contributed by atoms with Gasteiger partial charge in [-0.05, 0) is 56.7 Å². The molecule has 5 heteroatoms. The lowest BCUT2D eigenvalue weighted by atomic mass is 9.78. The van der Waals surface area contributed by atoms with E-state index in [-0.39, 0.29) is 24.5 Å². The maximum absolute atomic E-state index is 12.6. The van der Waals surface area contributed by atoms with E-state index in [0.717, 1.165) is 48.2 Å². The van der Waals surface area contributed by atoms with Gasteiger partial charge in [0, 0.05) is 32.2 Å². The molecule has 0 unspecified atom stereocenters. The maximum atomic E-state index is 12.6. The number of aliphatic hydroxyl groups excluding tert-OH is 1. The highest BCUT2D eigenvalue weighted by Crippen LogP contribution is 2.33. The first-order valence-electron chi connectivity index (χ1n) is 8.99. The van der Waals surface area contributed by atoms with Crippen molar-refractivity contribution in [2.24, 2.45) is 5.41 Å². The number of ether oxygens (including phenoxy) is 2. The Labute approximate surface area is 150 Å². The molecule has 1 aliphatic rings. The van der Waals surface area contributed by atoms with Crippen LogP contribution >= 0.6 is 0 Å². The van der Waals surface area contributed by atoms with Crippen molar-refractivity contribution in [1.82, 2.24) is 4.90 Å². The van der Waals surface area contributed by atoms with Crippen molar-refractivity contribution in [3.8, 4) is 5.75 Å². The zero-order valence-corrected chi connectivity index (χ0v) is 15.9. The molecular formula is C20H31NO4. The molecule has 0 aliphatic carbocycles. The van der Waals surface area contributed by atoms with Gasteiger partial charge in [0.2, 0.25) is 0 Å². The number of aryl methyl sites for hydroxylation is 2. The summed E-state index contributed by atoms with van der Waals surface area (Å²) in [4.78, 5) is 14.5. The minimum atomic E-state index is -0.251. The van der Waals surface area contributed by atoms with Crippen LogP contribution in [0, 0.1) is 26.2 Å². The Kier molecular flexibility index (Phi) is 6.85. The Morgan fingerprint density at radius 1 is 1.28 bits per heavy atom. The first kappa shape index (κ1) is 19.7. The van der Waals surface area contributed by atoms with E-state index in [1.54, 1.807) is 7.11 Å². The van der Waals surface area contributed by atoms with Crippen LogP contribution in [0.1, 0.15) is 36.0 Å². The number of carbonyl (C=O) groups is 1. The highest BCUT2D eigenvalue weighted by Gasteiger charge is 2.36. The highest BCUT2D eigenvalue weighted by atomic mass is 16.5. The number of rotatable bonds is 7. The van der Waals surface area contributed by atoms with Gasteiger partial charge in [0.15, 0.2) is 6.61 Å². The predicted molar refractivity (Wildman–Crippen MR) is 98.0 cm³/mol. The van der Waals surface area contributed by atoms with Gasteiger partial charge in [0.1, 0.15) is 5.75 Å². The molecule has 1 fully saturated rings. The van der Waals surface area contributed by atoms with Crippen LogP contribution in [0.4, 0.5) is 0 Å². The average Bonchev–Trinajstić information content (AvgIpc) is 2.63. The number of amides is 1. The van der Waals surface area contributed by atoms with E-state index in [9.17, 15) is 9.90 Å². The Bertz CT molecular complexity index is 602. The fraction of sp³-hybridized carbons (Fsp3) is 0.650. The molecule has 1 aromatic carbocycles. The summed E-state index contributed by atoms with van der Waals surface area (Å²) >= 11 is 0. The molecule has 0 saturated carbocycles. The fourth-order valence-corrected chi connectivity index (χ4v) is 3.52. The SMILES string of the molecule is COCC[C@]1(CO)CCCN(C(=O)COc2c(C)ccc(C)c2C)C1. The third-order valence-corrected chi connectivity index (χ3v) is 5.40. The van der Waals surface area contributed by atoms with E-state index in [1.807, 2.05) is 31.7 Å². The van der Waals surface area contributed by atoms with Gasteiger partial charge in [0.25, 0.3) is 5.91 Å². The van der Waals surface area contributed by atoms with Gasteiger partial charge in [0.05, 0.1) is 6.61 Å². The zero-order valence-electron chi connectivity index (χ0n) is 15.9. The number of hydrogen-bond acceptors (Lipinski definition) is 4. The molecule has 1 N–H and O–H groups in total. The average molecular weight is 349 g/mol. The monoisotopic (exact) mass is 349 g/mol. The van der Waals surface area contributed by atoms with E-state index in [1.165, 1.54) is 0 Å². The largest absolute Gasteiger partial charge is 0.483 e. The smallest absolute Gasteiger partial charge is 0.260 e. The normalized spacial score (nSPS) is 20.6. The molecule has 1 amide bonds. The van der Waals surface area contributed by atoms with Gasteiger partial charge in [-0.25, -0.2) is 0 Å². The van der Waals surface area contributed by atoms with Crippen LogP contribution in [0.25, 0.3) is 0 Å². The molecule has 0 aromatic heterocycles. The van der Waals surface area contributed by atoms with Crippen molar-refractivity contribution in [2.45, 2.75) is 40.0 Å². The summed E-state index contributed by atoms with van der Waals surface area (Å²) in [6.07, 6.45) is 2.59. The van der Waals surface area contributed by atoms with Gasteiger partial charge in [-0.1, -0.05) is 12.1 Å². The van der Waals surface area contributed by atoms with Crippen LogP contribution in [-0.2, 0) is 9.53 Å². The number of aliphatic hydroxyl groups is 1. The van der Waals surface area contributed by atoms with Crippen LogP contribution in [0.5, 0.6) is 5.75 Å². The van der Waals surface area contributed by atoms with Crippen LogP contribution in [0.3, 0.4) is 0 Å². The number of piperidine rings is 1.